The number of aliphatic hydroxyl groups excluding tert-OH is 12. The molecule has 4 amide bonds. The van der Waals surface area contributed by atoms with Gasteiger partial charge in [0.25, 0.3) is 0 Å². The van der Waals surface area contributed by atoms with Crippen LogP contribution < -0.4 is 27.4 Å². The Labute approximate surface area is 448 Å². The number of phosphoric ester groups is 2. The maximum atomic E-state index is 14.2. The number of unbranched alkanes of at least 4 members (excludes halogenated alkanes) is 1. The van der Waals surface area contributed by atoms with Crippen LogP contribution in [0.15, 0.2) is 0 Å². The molecule has 0 saturated carbocycles. The minimum atomic E-state index is -5.19. The van der Waals surface area contributed by atoms with Crippen molar-refractivity contribution in [2.24, 2.45) is 11.5 Å². The topological polar surface area (TPSA) is 607 Å². The summed E-state index contributed by atoms with van der Waals surface area (Å²) < 4.78 is 76.4. The van der Waals surface area contributed by atoms with Gasteiger partial charge in [0.2, 0.25) is 23.6 Å². The summed E-state index contributed by atoms with van der Waals surface area (Å²) >= 11 is 0. The number of nitrogens with one attached hydrogen (secondary N) is 3. The van der Waals surface area contributed by atoms with Crippen molar-refractivity contribution in [3.8, 4) is 0 Å². The zero-order valence-corrected chi connectivity index (χ0v) is 44.1. The fourth-order valence-corrected chi connectivity index (χ4v) is 9.18. The molecule has 0 aromatic heterocycles. The van der Waals surface area contributed by atoms with Crippen LogP contribution in [0.25, 0.3) is 0 Å². The fraction of sp³-hybridized carbons (Fsp3) is 0.900. The van der Waals surface area contributed by atoms with Crippen molar-refractivity contribution in [2.45, 2.75) is 193 Å². The van der Waals surface area contributed by atoms with Crippen LogP contribution in [-0.2, 0) is 75.3 Å². The Hall–Kier alpha value is -2.74. The van der Waals surface area contributed by atoms with E-state index in [-0.39, 0.29) is 25.8 Å². The first kappa shape index (κ1) is 68.8. The fourth-order valence-electron chi connectivity index (χ4n) is 8.50. The summed E-state index contributed by atoms with van der Waals surface area (Å²) in [4.78, 5) is 90.6. The number of hydrogen-bond acceptors (Lipinski definition) is 29. The van der Waals surface area contributed by atoms with Gasteiger partial charge < -0.3 is 146 Å². The zero-order valence-electron chi connectivity index (χ0n) is 42.3. The van der Waals surface area contributed by atoms with Crippen LogP contribution in [0.2, 0.25) is 0 Å². The molecule has 4 saturated heterocycles. The number of nitrogens with two attached hydrogens (primary N) is 2. The van der Waals surface area contributed by atoms with Crippen LogP contribution in [0.3, 0.4) is 0 Å². The Balaban J connectivity index is 1.57. The number of phosphoric acid groups is 2. The van der Waals surface area contributed by atoms with Crippen LogP contribution in [0, 0.1) is 0 Å². The predicted molar refractivity (Wildman–Crippen MR) is 249 cm³/mol. The number of ether oxygens (including phenoxy) is 8. The smallest absolute Gasteiger partial charge is 0.394 e. The molecule has 4 fully saturated rings. The molecule has 39 heteroatoms. The lowest BCUT2D eigenvalue weighted by Crippen LogP contribution is -2.66. The van der Waals surface area contributed by atoms with Gasteiger partial charge in [-0.1, -0.05) is 0 Å². The molecule has 0 radical (unpaired) electrons. The van der Waals surface area contributed by atoms with Crippen LogP contribution in [0.5, 0.6) is 0 Å². The van der Waals surface area contributed by atoms with E-state index in [1.54, 1.807) is 0 Å². The Kier molecular flexibility index (Phi) is 26.3. The normalized spacial score (nSPS) is 37.5. The summed E-state index contributed by atoms with van der Waals surface area (Å²) in [5.41, 5.74) is 11.4. The summed E-state index contributed by atoms with van der Waals surface area (Å²) in [7, 11) is -10.4. The van der Waals surface area contributed by atoms with Gasteiger partial charge >= 0.3 is 15.6 Å². The first-order chi connectivity index (χ1) is 36.7. The van der Waals surface area contributed by atoms with Gasteiger partial charge in [-0.05, 0) is 39.7 Å². The van der Waals surface area contributed by atoms with E-state index in [1.165, 1.54) is 0 Å². The highest BCUT2D eigenvalue weighted by Crippen LogP contribution is 2.39. The molecule has 460 valence electrons. The highest BCUT2D eigenvalue weighted by Gasteiger charge is 2.54. The molecule has 4 rings (SSSR count). The number of primary amides is 1. The molecule has 0 aromatic rings. The van der Waals surface area contributed by atoms with Crippen molar-refractivity contribution in [3.05, 3.63) is 0 Å². The van der Waals surface area contributed by atoms with Gasteiger partial charge in [0.1, 0.15) is 116 Å². The first-order valence-corrected chi connectivity index (χ1v) is 27.3. The lowest BCUT2D eigenvalue weighted by molar-refractivity contribution is -0.371. The number of aliphatic hydroxyl groups is 12. The summed E-state index contributed by atoms with van der Waals surface area (Å²) in [6.07, 6.45) is -43.3. The Morgan fingerprint density at radius 2 is 0.924 bits per heavy atom. The number of carbonyl (C=O) groups excluding carboxylic acids is 4. The third-order valence-electron chi connectivity index (χ3n) is 12.8. The lowest BCUT2D eigenvalue weighted by Gasteiger charge is -2.46. The molecule has 0 unspecified atom stereocenters. The van der Waals surface area contributed by atoms with Crippen LogP contribution in [0.4, 0.5) is 0 Å². The molecule has 0 spiro atoms. The van der Waals surface area contributed by atoms with Gasteiger partial charge in [0, 0.05) is 6.92 Å². The van der Waals surface area contributed by atoms with E-state index in [0.717, 1.165) is 20.8 Å². The van der Waals surface area contributed by atoms with Gasteiger partial charge in [-0.3, -0.25) is 28.2 Å². The van der Waals surface area contributed by atoms with E-state index in [0.29, 0.717) is 0 Å². The summed E-state index contributed by atoms with van der Waals surface area (Å²) in [5.74, 6) is -4.52. The molecule has 79 heavy (non-hydrogen) atoms. The molecule has 0 aromatic carbocycles. The van der Waals surface area contributed by atoms with Gasteiger partial charge in [-0.25, -0.2) is 9.13 Å². The first-order valence-electron chi connectivity index (χ1n) is 24.3. The molecule has 4 aliphatic rings. The largest absolute Gasteiger partial charge is 0.469 e. The van der Waals surface area contributed by atoms with Crippen LogP contribution in [0.1, 0.15) is 40.0 Å². The monoisotopic (exact) mass is 1200 g/mol. The third-order valence-corrected chi connectivity index (χ3v) is 13.8. The van der Waals surface area contributed by atoms with E-state index >= 15 is 0 Å². The molecule has 4 aliphatic heterocycles. The molecule has 0 aliphatic carbocycles. The van der Waals surface area contributed by atoms with E-state index in [2.05, 4.69) is 25.0 Å². The second-order valence-electron chi connectivity index (χ2n) is 18.8. The molecule has 4 heterocycles. The van der Waals surface area contributed by atoms with E-state index in [9.17, 15) is 89.6 Å². The van der Waals surface area contributed by atoms with Crippen molar-refractivity contribution in [1.82, 2.24) is 16.0 Å². The van der Waals surface area contributed by atoms with Crippen molar-refractivity contribution < 1.29 is 156 Å². The second-order valence-corrected chi connectivity index (χ2v) is 21.3. The van der Waals surface area contributed by atoms with Crippen molar-refractivity contribution >= 4 is 39.3 Å². The third kappa shape index (κ3) is 18.9. The average molecular weight is 1200 g/mol. The summed E-state index contributed by atoms with van der Waals surface area (Å²) in [5, 5.41) is 134. The number of rotatable bonds is 28. The predicted octanol–water partition coefficient (Wildman–Crippen LogP) is -11.6. The van der Waals surface area contributed by atoms with Gasteiger partial charge in [0.05, 0.1) is 38.6 Å². The minimum Gasteiger partial charge on any atom is -0.394 e. The van der Waals surface area contributed by atoms with E-state index in [1.807, 2.05) is 0 Å². The van der Waals surface area contributed by atoms with E-state index in [4.69, 9.17) is 68.9 Å². The molecule has 37 nitrogen and oxygen atoms in total. The molecular weight excluding hydrogens is 1120 g/mol. The maximum absolute atomic E-state index is 14.2. The molecule has 25 atom stereocenters. The Morgan fingerprint density at radius 3 is 1.29 bits per heavy atom. The van der Waals surface area contributed by atoms with Crippen molar-refractivity contribution in [2.75, 3.05) is 33.0 Å². The van der Waals surface area contributed by atoms with Gasteiger partial charge in [-0.15, -0.1) is 0 Å². The van der Waals surface area contributed by atoms with Crippen LogP contribution in [-0.4, -0.2) is 291 Å². The minimum absolute atomic E-state index is 0.0884. The quantitative estimate of drug-likeness (QED) is 0.0255. The summed E-state index contributed by atoms with van der Waals surface area (Å²) in [6, 6.07) is -5.40. The number of amides is 4. The lowest BCUT2D eigenvalue weighted by atomic mass is 9.97. The van der Waals surface area contributed by atoms with Gasteiger partial charge in [0.15, 0.2) is 25.2 Å². The van der Waals surface area contributed by atoms with E-state index < -0.39 is 219 Å². The number of hydrogen-bond donors (Lipinski definition) is 21. The zero-order chi connectivity index (χ0) is 59.6. The average Bonchev–Trinajstić information content (AvgIpc) is 3.38. The molecule has 0 bridgehead atoms. The Bertz CT molecular complexity index is 2070. The Morgan fingerprint density at radius 1 is 0.532 bits per heavy atom. The standard InChI is InChI=1S/C40H73N5O32P2/c1-12(70-39-32(28(55)22(49)16(8-46)72-39)76-37-30(57)26(53)24(51)18(74-37)10-68-78(62,63)64)20(34(42)59)45-35(60)15(6-4-5-7-41)44-36(61)21(43-14(3)48)13(2)71-40-33(29(56)23(50)17(9-47)73-40)77-38-31(58)27(54)25(52)19(75-38)11-69-79(65,66)67/h12-13,15-33,37-40,46-47,49-58H,4-11,41H2,1-3H3,(H2,42,59)(H,43,48)(H,44,61)(H,45,60)(H2,62,63,64)(H2,65,66,67)/t12-,13-,15+,16-,17-,18-,19-,20+,21+,22-,23-,24-,25-,26+,27+,28+,29+,30+,31+,32+,33+,37-,38-,39+,40+/m1/s1. The molecular formula is C40H73N5O32P2. The van der Waals surface area contributed by atoms with Crippen molar-refractivity contribution in [1.29, 1.82) is 0 Å². The second kappa shape index (κ2) is 30.2. The highest BCUT2D eigenvalue weighted by molar-refractivity contribution is 7.46. The van der Waals surface area contributed by atoms with Gasteiger partial charge in [-0.2, -0.15) is 0 Å². The summed E-state index contributed by atoms with van der Waals surface area (Å²) in [6.45, 7) is -0.761. The maximum Gasteiger partial charge on any atom is 0.469 e. The SMILES string of the molecule is CC(=O)N[C@H](C(=O)N[C@@H](CCCCN)C(=O)N[C@H](C(N)=O)[C@@H](C)O[C@H]1O[C@H](CO)[C@@H](O)[C@H](O)[C@@H]1O[C@H]1O[C@H](COP(=O)(O)O)[C@@H](O)[C@H](O)[C@@H]1O)[C@@H](C)O[C@H]1O[C@H](CO)[C@@H](O)[C@H](O)[C@@H]1O[C@H]1O[C@H](COP(=O)(O)O)[C@@H](O)[C@H](O)[C@@H]1O. The molecule has 23 N–H and O–H groups in total. The highest BCUT2D eigenvalue weighted by atomic mass is 31.2. The van der Waals surface area contributed by atoms with Crippen LogP contribution >= 0.6 is 15.6 Å². The van der Waals surface area contributed by atoms with Crippen molar-refractivity contribution in [3.63, 3.8) is 0 Å². The number of carbonyl (C=O) groups is 4.